The number of hydrogen-bond donors (Lipinski definition) is 1. The second kappa shape index (κ2) is 4.42. The van der Waals surface area contributed by atoms with Crippen molar-refractivity contribution in [3.05, 3.63) is 29.0 Å². The Morgan fingerprint density at radius 3 is 3.24 bits per heavy atom. The first-order valence-electron chi connectivity index (χ1n) is 5.08. The van der Waals surface area contributed by atoms with Gasteiger partial charge in [-0.2, -0.15) is 4.52 Å². The lowest BCUT2D eigenvalue weighted by Gasteiger charge is -2.04. The molecule has 17 heavy (non-hydrogen) atoms. The molecule has 0 radical (unpaired) electrons. The van der Waals surface area contributed by atoms with Gasteiger partial charge in [0.1, 0.15) is 5.82 Å². The highest BCUT2D eigenvalue weighted by Gasteiger charge is 2.03. The van der Waals surface area contributed by atoms with Crippen molar-refractivity contribution in [2.45, 2.75) is 6.42 Å². The molecule has 3 rings (SSSR count). The minimum absolute atomic E-state index is 0.629. The smallest absolute Gasteiger partial charge is 0.199 e. The number of rotatable bonds is 4. The lowest BCUT2D eigenvalue weighted by Crippen LogP contribution is -2.09. The zero-order chi connectivity index (χ0) is 11.5. The molecule has 0 aliphatic heterocycles. The van der Waals surface area contributed by atoms with Crippen molar-refractivity contribution >= 4 is 22.8 Å². The Balaban J connectivity index is 1.70. The molecular weight excluding hydrogens is 238 g/mol. The molecule has 0 saturated carbocycles. The molecule has 8 heteroatoms. The van der Waals surface area contributed by atoms with Gasteiger partial charge in [0.25, 0.3) is 0 Å². The number of nitrogens with zero attached hydrogens (tertiary/aromatic N) is 6. The number of thiazole rings is 1. The molecule has 0 bridgehead atoms. The van der Waals surface area contributed by atoms with Crippen LogP contribution in [0.15, 0.2) is 24.0 Å². The van der Waals surface area contributed by atoms with E-state index in [9.17, 15) is 0 Å². The summed E-state index contributed by atoms with van der Waals surface area (Å²) in [4.78, 5) is 8.28. The van der Waals surface area contributed by atoms with Crippen LogP contribution >= 0.6 is 11.3 Å². The monoisotopic (exact) mass is 247 g/mol. The van der Waals surface area contributed by atoms with Gasteiger partial charge < -0.3 is 5.32 Å². The summed E-state index contributed by atoms with van der Waals surface area (Å²) in [6.45, 7) is 0.772. The van der Waals surface area contributed by atoms with Gasteiger partial charge in [0.05, 0.1) is 17.4 Å². The Morgan fingerprint density at radius 2 is 2.35 bits per heavy atom. The van der Waals surface area contributed by atoms with Gasteiger partial charge in [0.2, 0.25) is 0 Å². The van der Waals surface area contributed by atoms with Crippen LogP contribution in [0, 0.1) is 0 Å². The minimum atomic E-state index is 0.629. The SMILES string of the molecule is c1csc(CCNc2cncc3nnnn23)n1. The Kier molecular flexibility index (Phi) is 2.62. The summed E-state index contributed by atoms with van der Waals surface area (Å²) in [6, 6.07) is 0. The van der Waals surface area contributed by atoms with E-state index in [4.69, 9.17) is 0 Å². The highest BCUT2D eigenvalue weighted by molar-refractivity contribution is 7.09. The first-order chi connectivity index (χ1) is 8.43. The summed E-state index contributed by atoms with van der Waals surface area (Å²) in [7, 11) is 0. The van der Waals surface area contributed by atoms with Crippen LogP contribution in [0.1, 0.15) is 5.01 Å². The van der Waals surface area contributed by atoms with Crippen LogP contribution < -0.4 is 5.32 Å². The Morgan fingerprint density at radius 1 is 1.35 bits per heavy atom. The molecule has 0 aliphatic rings. The molecule has 0 atom stereocenters. The first-order valence-corrected chi connectivity index (χ1v) is 5.96. The van der Waals surface area contributed by atoms with E-state index < -0.39 is 0 Å². The standard InChI is InChI=1S/C9H9N7S/c1(9-12-3-4-17-9)2-11-7-5-10-6-8-13-14-15-16(7)8/h3-6,11H,1-2H2. The van der Waals surface area contributed by atoms with E-state index in [1.54, 1.807) is 28.2 Å². The van der Waals surface area contributed by atoms with Crippen LogP contribution in [0.3, 0.4) is 0 Å². The molecule has 1 N–H and O–H groups in total. The van der Waals surface area contributed by atoms with Crippen molar-refractivity contribution in [3.8, 4) is 0 Å². The summed E-state index contributed by atoms with van der Waals surface area (Å²) < 4.78 is 1.62. The lowest BCUT2D eigenvalue weighted by atomic mass is 10.4. The maximum absolute atomic E-state index is 4.22. The number of fused-ring (bicyclic) bond motifs is 1. The third kappa shape index (κ3) is 2.07. The van der Waals surface area contributed by atoms with E-state index in [1.165, 1.54) is 0 Å². The number of hydrogen-bond acceptors (Lipinski definition) is 7. The van der Waals surface area contributed by atoms with Crippen LogP contribution in [0.5, 0.6) is 0 Å². The molecule has 0 aliphatic carbocycles. The van der Waals surface area contributed by atoms with Gasteiger partial charge in [-0.25, -0.2) is 4.98 Å². The van der Waals surface area contributed by atoms with Crippen LogP contribution in [-0.2, 0) is 6.42 Å². The maximum Gasteiger partial charge on any atom is 0.199 e. The second-order valence-electron chi connectivity index (χ2n) is 3.34. The molecule has 0 unspecified atom stereocenters. The summed E-state index contributed by atoms with van der Waals surface area (Å²) in [5, 5.41) is 17.6. The van der Waals surface area contributed by atoms with Crippen molar-refractivity contribution in [2.75, 3.05) is 11.9 Å². The van der Waals surface area contributed by atoms with Gasteiger partial charge in [-0.1, -0.05) is 0 Å². The molecule has 86 valence electrons. The first kappa shape index (κ1) is 10.1. The summed E-state index contributed by atoms with van der Waals surface area (Å²) >= 11 is 1.65. The minimum Gasteiger partial charge on any atom is -0.368 e. The van der Waals surface area contributed by atoms with E-state index in [-0.39, 0.29) is 0 Å². The Labute approximate surface area is 101 Å². The second-order valence-corrected chi connectivity index (χ2v) is 4.32. The third-order valence-electron chi connectivity index (χ3n) is 2.24. The number of anilines is 1. The number of aromatic nitrogens is 6. The van der Waals surface area contributed by atoms with E-state index in [2.05, 4.69) is 30.8 Å². The van der Waals surface area contributed by atoms with Gasteiger partial charge in [-0.3, -0.25) is 4.98 Å². The van der Waals surface area contributed by atoms with E-state index in [1.807, 2.05) is 11.6 Å². The topological polar surface area (TPSA) is 80.9 Å². The molecule has 3 aromatic rings. The average molecular weight is 247 g/mol. The summed E-state index contributed by atoms with van der Waals surface area (Å²) in [5.74, 6) is 0.782. The fourth-order valence-electron chi connectivity index (χ4n) is 1.47. The van der Waals surface area contributed by atoms with Gasteiger partial charge in [0, 0.05) is 24.5 Å². The van der Waals surface area contributed by atoms with Crippen molar-refractivity contribution in [3.63, 3.8) is 0 Å². The van der Waals surface area contributed by atoms with Crippen molar-refractivity contribution < 1.29 is 0 Å². The predicted molar refractivity (Wildman–Crippen MR) is 62.9 cm³/mol. The molecule has 7 nitrogen and oxygen atoms in total. The summed E-state index contributed by atoms with van der Waals surface area (Å²) in [6.07, 6.45) is 6.00. The van der Waals surface area contributed by atoms with Gasteiger partial charge >= 0.3 is 0 Å². The molecule has 3 aromatic heterocycles. The molecule has 0 aromatic carbocycles. The number of nitrogens with one attached hydrogen (secondary N) is 1. The Hall–Kier alpha value is -2.09. The normalized spacial score (nSPS) is 10.8. The highest BCUT2D eigenvalue weighted by atomic mass is 32.1. The zero-order valence-corrected chi connectivity index (χ0v) is 9.63. The lowest BCUT2D eigenvalue weighted by molar-refractivity contribution is 0.817. The molecule has 0 spiro atoms. The maximum atomic E-state index is 4.22. The number of tetrazole rings is 1. The van der Waals surface area contributed by atoms with Crippen LogP contribution in [-0.4, -0.2) is 36.6 Å². The molecule has 0 amide bonds. The van der Waals surface area contributed by atoms with Crippen LogP contribution in [0.2, 0.25) is 0 Å². The highest BCUT2D eigenvalue weighted by Crippen LogP contribution is 2.08. The molecule has 0 saturated heterocycles. The predicted octanol–water partition coefficient (Wildman–Crippen LogP) is 0.630. The van der Waals surface area contributed by atoms with Crippen molar-refractivity contribution in [1.29, 1.82) is 0 Å². The molecule has 0 fully saturated rings. The quantitative estimate of drug-likeness (QED) is 0.728. The van der Waals surface area contributed by atoms with Gasteiger partial charge in [-0.15, -0.1) is 16.4 Å². The van der Waals surface area contributed by atoms with Crippen molar-refractivity contribution in [2.24, 2.45) is 0 Å². The van der Waals surface area contributed by atoms with E-state index >= 15 is 0 Å². The largest absolute Gasteiger partial charge is 0.368 e. The summed E-state index contributed by atoms with van der Waals surface area (Å²) in [5.41, 5.74) is 0.629. The van der Waals surface area contributed by atoms with Gasteiger partial charge in [-0.05, 0) is 10.4 Å². The molecular formula is C9H9N7S. The van der Waals surface area contributed by atoms with E-state index in [0.29, 0.717) is 5.65 Å². The van der Waals surface area contributed by atoms with Crippen molar-refractivity contribution in [1.82, 2.24) is 30.0 Å². The Bertz CT molecular complexity index is 603. The van der Waals surface area contributed by atoms with E-state index in [0.717, 1.165) is 23.8 Å². The van der Waals surface area contributed by atoms with Crippen LogP contribution in [0.25, 0.3) is 5.65 Å². The average Bonchev–Trinajstić information content (AvgIpc) is 2.99. The molecule has 3 heterocycles. The third-order valence-corrected chi connectivity index (χ3v) is 3.08. The zero-order valence-electron chi connectivity index (χ0n) is 8.82. The fourth-order valence-corrected chi connectivity index (χ4v) is 2.09. The van der Waals surface area contributed by atoms with Gasteiger partial charge in [0.15, 0.2) is 5.65 Å². The fraction of sp³-hybridized carbons (Fsp3) is 0.222. The van der Waals surface area contributed by atoms with Crippen LogP contribution in [0.4, 0.5) is 5.82 Å².